The zero-order valence-electron chi connectivity index (χ0n) is 23.3. The normalized spacial score (nSPS) is 21.1. The topological polar surface area (TPSA) is 60.3 Å². The Morgan fingerprint density at radius 2 is 2.00 bits per heavy atom. The summed E-state index contributed by atoms with van der Waals surface area (Å²) in [4.78, 5) is 9.31. The molecule has 2 fully saturated rings. The first-order valence-electron chi connectivity index (χ1n) is 14.3. The molecule has 38 heavy (non-hydrogen) atoms. The number of ether oxygens (including phenoxy) is 1. The van der Waals surface area contributed by atoms with Crippen LogP contribution in [0.5, 0.6) is 5.75 Å². The summed E-state index contributed by atoms with van der Waals surface area (Å²) in [6.45, 7) is 6.40. The van der Waals surface area contributed by atoms with Crippen LogP contribution in [0.15, 0.2) is 65.1 Å². The number of aliphatic imine (C=N–C) groups is 1. The van der Waals surface area contributed by atoms with Crippen LogP contribution in [0.4, 0.5) is 4.39 Å². The van der Waals surface area contributed by atoms with Crippen molar-refractivity contribution < 1.29 is 14.2 Å². The number of piperidine rings is 1. The molecular formula is C31H45FN4O2. The van der Waals surface area contributed by atoms with E-state index in [0.29, 0.717) is 12.5 Å². The Morgan fingerprint density at radius 1 is 1.24 bits per heavy atom. The zero-order valence-corrected chi connectivity index (χ0v) is 23.3. The fraction of sp³-hybridized carbons (Fsp3) is 0.581. The first-order valence-corrected chi connectivity index (χ1v) is 14.3. The minimum Gasteiger partial charge on any atom is -0.491 e. The van der Waals surface area contributed by atoms with Gasteiger partial charge in [-0.3, -0.25) is 4.90 Å². The number of amidine groups is 1. The van der Waals surface area contributed by atoms with Gasteiger partial charge in [-0.2, -0.15) is 0 Å². The predicted octanol–water partition coefficient (Wildman–Crippen LogP) is 5.71. The molecule has 0 spiro atoms. The van der Waals surface area contributed by atoms with Gasteiger partial charge in [-0.15, -0.1) is 0 Å². The van der Waals surface area contributed by atoms with Crippen molar-refractivity contribution >= 4 is 5.84 Å². The fourth-order valence-corrected chi connectivity index (χ4v) is 5.97. The van der Waals surface area contributed by atoms with E-state index >= 15 is 0 Å². The molecule has 208 valence electrons. The van der Waals surface area contributed by atoms with Crippen molar-refractivity contribution in [3.63, 3.8) is 0 Å². The molecule has 1 saturated carbocycles. The third-order valence-electron chi connectivity index (χ3n) is 8.03. The molecule has 4 rings (SSSR count). The number of allylic oxidation sites excluding steroid dienone is 5. The van der Waals surface area contributed by atoms with Crippen LogP contribution in [0.2, 0.25) is 0 Å². The van der Waals surface area contributed by atoms with Gasteiger partial charge < -0.3 is 20.1 Å². The first kappa shape index (κ1) is 28.4. The van der Waals surface area contributed by atoms with E-state index in [4.69, 9.17) is 4.74 Å². The SMILES string of the molecule is CC(C)Oc1cccc(CN2CCC(/C(=N\CO)NC3CCCCC3)(N(C)C3=CC=CCC(F)=C3)CC2)c1. The minimum atomic E-state index is -0.458. The number of hydrogen-bond acceptors (Lipinski definition) is 5. The van der Waals surface area contributed by atoms with Crippen molar-refractivity contribution in [1.82, 2.24) is 15.1 Å². The molecule has 2 aliphatic carbocycles. The minimum absolute atomic E-state index is 0.143. The van der Waals surface area contributed by atoms with E-state index in [1.54, 1.807) is 6.08 Å². The second kappa shape index (κ2) is 13.4. The van der Waals surface area contributed by atoms with Crippen molar-refractivity contribution in [2.45, 2.75) is 89.4 Å². The van der Waals surface area contributed by atoms with Crippen LogP contribution in [0.25, 0.3) is 0 Å². The highest BCUT2D eigenvalue weighted by molar-refractivity contribution is 5.92. The number of hydrogen-bond donors (Lipinski definition) is 2. The molecular weight excluding hydrogens is 479 g/mol. The Labute approximate surface area is 228 Å². The highest BCUT2D eigenvalue weighted by atomic mass is 19.1. The van der Waals surface area contributed by atoms with E-state index in [-0.39, 0.29) is 18.7 Å². The lowest BCUT2D eigenvalue weighted by atomic mass is 9.82. The average Bonchev–Trinajstić information content (AvgIpc) is 3.13. The van der Waals surface area contributed by atoms with Crippen LogP contribution in [0.1, 0.15) is 70.8 Å². The molecule has 6 nitrogen and oxygen atoms in total. The van der Waals surface area contributed by atoms with Crippen LogP contribution < -0.4 is 10.1 Å². The van der Waals surface area contributed by atoms with Crippen LogP contribution in [-0.4, -0.2) is 65.3 Å². The van der Waals surface area contributed by atoms with E-state index in [1.165, 1.54) is 24.8 Å². The maximum Gasteiger partial charge on any atom is 0.136 e. The quantitative estimate of drug-likeness (QED) is 0.320. The lowest BCUT2D eigenvalue weighted by molar-refractivity contribution is 0.105. The number of likely N-dealkylation sites (N-methyl/N-ethyl adjacent to an activating group) is 1. The molecule has 0 aromatic heterocycles. The van der Waals surface area contributed by atoms with Gasteiger partial charge in [0.05, 0.1) is 11.6 Å². The molecule has 1 saturated heterocycles. The summed E-state index contributed by atoms with van der Waals surface area (Å²) in [5, 5.41) is 13.7. The lowest BCUT2D eigenvalue weighted by Gasteiger charge is -2.50. The molecule has 0 bridgehead atoms. The average molecular weight is 525 g/mol. The first-order chi connectivity index (χ1) is 18.4. The molecule has 0 radical (unpaired) electrons. The third kappa shape index (κ3) is 7.26. The second-order valence-corrected chi connectivity index (χ2v) is 11.1. The standard InChI is InChI=1S/C31H45FN4O2/c1-24(2)38-29-15-9-10-25(20-29)22-36-18-16-31(17-19-36,35(3)28-14-8-7-11-26(32)21-28)30(33-23-37)34-27-12-5-4-6-13-27/h7-10,14-15,20-21,24,27,37H,4-6,11-13,16-19,22-23H2,1-3H3,(H,33,34). The van der Waals surface area contributed by atoms with Gasteiger partial charge in [0.25, 0.3) is 0 Å². The molecule has 0 atom stereocenters. The monoisotopic (exact) mass is 524 g/mol. The van der Waals surface area contributed by atoms with E-state index in [0.717, 1.165) is 62.6 Å². The molecule has 2 N–H and O–H groups in total. The van der Waals surface area contributed by atoms with Gasteiger partial charge >= 0.3 is 0 Å². The highest BCUT2D eigenvalue weighted by Crippen LogP contribution is 2.35. The largest absolute Gasteiger partial charge is 0.491 e. The summed E-state index contributed by atoms with van der Waals surface area (Å²) in [6.07, 6.45) is 15.4. The van der Waals surface area contributed by atoms with Gasteiger partial charge in [-0.25, -0.2) is 9.38 Å². The Bertz CT molecular complexity index is 1030. The van der Waals surface area contributed by atoms with Gasteiger partial charge in [0, 0.05) is 44.8 Å². The van der Waals surface area contributed by atoms with E-state index in [9.17, 15) is 9.50 Å². The molecule has 0 amide bonds. The summed E-state index contributed by atoms with van der Waals surface area (Å²) in [5.74, 6) is 1.60. The van der Waals surface area contributed by atoms with Crippen LogP contribution in [-0.2, 0) is 6.54 Å². The third-order valence-corrected chi connectivity index (χ3v) is 8.03. The van der Waals surface area contributed by atoms with Crippen molar-refractivity contribution in [1.29, 1.82) is 0 Å². The van der Waals surface area contributed by atoms with Gasteiger partial charge in [-0.1, -0.05) is 43.5 Å². The molecule has 1 aromatic carbocycles. The summed E-state index contributed by atoms with van der Waals surface area (Å²) in [5.41, 5.74) is 1.61. The zero-order chi connectivity index (χ0) is 27.0. The lowest BCUT2D eigenvalue weighted by Crippen LogP contribution is -2.63. The maximum absolute atomic E-state index is 14.5. The number of aliphatic hydroxyl groups is 1. The van der Waals surface area contributed by atoms with E-state index < -0.39 is 5.54 Å². The molecule has 3 aliphatic rings. The second-order valence-electron chi connectivity index (χ2n) is 11.1. The van der Waals surface area contributed by atoms with Crippen LogP contribution in [0.3, 0.4) is 0 Å². The predicted molar refractivity (Wildman–Crippen MR) is 153 cm³/mol. The van der Waals surface area contributed by atoms with Crippen LogP contribution in [0, 0.1) is 0 Å². The number of nitrogens with one attached hydrogen (secondary N) is 1. The van der Waals surface area contributed by atoms with Crippen molar-refractivity contribution in [2.24, 2.45) is 4.99 Å². The number of nitrogens with zero attached hydrogens (tertiary/aromatic N) is 3. The van der Waals surface area contributed by atoms with Gasteiger partial charge in [0.1, 0.15) is 24.1 Å². The molecule has 1 heterocycles. The molecule has 0 unspecified atom stereocenters. The van der Waals surface area contributed by atoms with Crippen molar-refractivity contribution in [3.05, 3.63) is 65.7 Å². The summed E-state index contributed by atoms with van der Waals surface area (Å²) < 4.78 is 20.4. The Morgan fingerprint density at radius 3 is 2.71 bits per heavy atom. The fourth-order valence-electron chi connectivity index (χ4n) is 5.97. The van der Waals surface area contributed by atoms with Crippen molar-refractivity contribution in [3.8, 4) is 5.75 Å². The number of halogens is 1. The number of rotatable bonds is 9. The van der Waals surface area contributed by atoms with Crippen molar-refractivity contribution in [2.75, 3.05) is 26.9 Å². The summed E-state index contributed by atoms with van der Waals surface area (Å²) in [7, 11) is 2.05. The smallest absolute Gasteiger partial charge is 0.136 e. The number of benzene rings is 1. The number of likely N-dealkylation sites (tertiary alicyclic amines) is 1. The Balaban J connectivity index is 1.57. The Hall–Kier alpha value is -2.64. The van der Waals surface area contributed by atoms with Gasteiger partial charge in [0.2, 0.25) is 0 Å². The van der Waals surface area contributed by atoms with Gasteiger partial charge in [-0.05, 0) is 69.4 Å². The molecule has 1 aliphatic heterocycles. The molecule has 7 heteroatoms. The summed E-state index contributed by atoms with van der Waals surface area (Å²) >= 11 is 0. The number of aliphatic hydroxyl groups excluding tert-OH is 1. The molecule has 1 aromatic rings. The van der Waals surface area contributed by atoms with E-state index in [1.807, 2.05) is 45.2 Å². The highest BCUT2D eigenvalue weighted by Gasteiger charge is 2.44. The van der Waals surface area contributed by atoms with E-state index in [2.05, 4.69) is 38.3 Å². The van der Waals surface area contributed by atoms with Crippen LogP contribution >= 0.6 is 0 Å². The Kier molecular flexibility index (Phi) is 10.0. The summed E-state index contributed by atoms with van der Waals surface area (Å²) in [6, 6.07) is 8.71. The maximum atomic E-state index is 14.5. The van der Waals surface area contributed by atoms with Gasteiger partial charge in [0.15, 0.2) is 0 Å².